The van der Waals surface area contributed by atoms with Gasteiger partial charge in [-0.25, -0.2) is 0 Å². The van der Waals surface area contributed by atoms with Crippen LogP contribution in [0.2, 0.25) is 0 Å². The predicted octanol–water partition coefficient (Wildman–Crippen LogP) is -0.684. The molecule has 0 aromatic rings. The van der Waals surface area contributed by atoms with Crippen LogP contribution < -0.4 is 0 Å². The van der Waals surface area contributed by atoms with Crippen molar-refractivity contribution in [1.82, 2.24) is 14.7 Å². The maximum atomic E-state index is 12.3. The number of piperazine rings is 1. The van der Waals surface area contributed by atoms with Crippen LogP contribution in [0, 0.1) is 5.92 Å². The molecule has 7 heteroatoms. The van der Waals surface area contributed by atoms with E-state index in [1.54, 1.807) is 14.7 Å². The third-order valence-electron chi connectivity index (χ3n) is 4.73. The highest BCUT2D eigenvalue weighted by molar-refractivity contribution is 6.35. The Morgan fingerprint density at radius 1 is 0.773 bits per heavy atom. The summed E-state index contributed by atoms with van der Waals surface area (Å²) in [7, 11) is 0. The number of likely N-dealkylation sites (tertiary alicyclic amines) is 1. The van der Waals surface area contributed by atoms with E-state index in [-0.39, 0.29) is 17.7 Å². The molecule has 122 valence electrons. The van der Waals surface area contributed by atoms with Crippen molar-refractivity contribution < 1.29 is 19.1 Å². The van der Waals surface area contributed by atoms with Gasteiger partial charge in [0.05, 0.1) is 12.5 Å². The van der Waals surface area contributed by atoms with E-state index in [4.69, 9.17) is 4.74 Å². The molecule has 0 bridgehead atoms. The Morgan fingerprint density at radius 2 is 1.32 bits per heavy atom. The predicted molar refractivity (Wildman–Crippen MR) is 77.9 cm³/mol. The molecule has 3 aliphatic rings. The van der Waals surface area contributed by atoms with E-state index in [9.17, 15) is 14.4 Å². The average Bonchev–Trinajstić information content (AvgIpc) is 3.26. The fourth-order valence-electron chi connectivity index (χ4n) is 3.31. The van der Waals surface area contributed by atoms with Crippen molar-refractivity contribution in [2.24, 2.45) is 5.92 Å². The van der Waals surface area contributed by atoms with Crippen LogP contribution in [0.15, 0.2) is 0 Å². The van der Waals surface area contributed by atoms with Crippen molar-refractivity contribution in [2.75, 3.05) is 52.5 Å². The highest BCUT2D eigenvalue weighted by atomic mass is 16.5. The van der Waals surface area contributed by atoms with Gasteiger partial charge < -0.3 is 19.4 Å². The zero-order valence-corrected chi connectivity index (χ0v) is 12.8. The topological polar surface area (TPSA) is 70.2 Å². The minimum Gasteiger partial charge on any atom is -0.381 e. The Hall–Kier alpha value is -1.63. The van der Waals surface area contributed by atoms with E-state index in [0.717, 1.165) is 19.3 Å². The van der Waals surface area contributed by atoms with E-state index in [2.05, 4.69) is 0 Å². The Morgan fingerprint density at radius 3 is 1.86 bits per heavy atom. The highest BCUT2D eigenvalue weighted by Crippen LogP contribution is 2.17. The Bertz CT molecular complexity index is 448. The molecule has 3 heterocycles. The molecule has 3 aliphatic heterocycles. The van der Waals surface area contributed by atoms with Crippen molar-refractivity contribution in [1.29, 1.82) is 0 Å². The number of hydrogen-bond donors (Lipinski definition) is 0. The van der Waals surface area contributed by atoms with Crippen molar-refractivity contribution in [3.63, 3.8) is 0 Å². The van der Waals surface area contributed by atoms with Crippen LogP contribution in [-0.4, -0.2) is 84.9 Å². The van der Waals surface area contributed by atoms with E-state index in [1.807, 2.05) is 0 Å². The maximum Gasteiger partial charge on any atom is 0.312 e. The number of hydrogen-bond acceptors (Lipinski definition) is 4. The Kier molecular flexibility index (Phi) is 4.61. The molecule has 1 unspecified atom stereocenters. The van der Waals surface area contributed by atoms with Crippen molar-refractivity contribution in [2.45, 2.75) is 19.3 Å². The maximum absolute atomic E-state index is 12.3. The van der Waals surface area contributed by atoms with Gasteiger partial charge in [-0.2, -0.15) is 0 Å². The lowest BCUT2D eigenvalue weighted by Gasteiger charge is -2.36. The lowest BCUT2D eigenvalue weighted by atomic mass is 10.1. The largest absolute Gasteiger partial charge is 0.381 e. The third kappa shape index (κ3) is 3.09. The van der Waals surface area contributed by atoms with Crippen molar-refractivity contribution in [3.05, 3.63) is 0 Å². The number of amides is 3. The normalized spacial score (nSPS) is 25.6. The molecule has 0 spiro atoms. The van der Waals surface area contributed by atoms with Gasteiger partial charge in [0.2, 0.25) is 5.91 Å². The summed E-state index contributed by atoms with van der Waals surface area (Å²) >= 11 is 0. The van der Waals surface area contributed by atoms with Gasteiger partial charge in [-0.3, -0.25) is 14.4 Å². The number of carbonyl (C=O) groups is 3. The van der Waals surface area contributed by atoms with Crippen molar-refractivity contribution in [3.8, 4) is 0 Å². The summed E-state index contributed by atoms with van der Waals surface area (Å²) in [6, 6.07) is 0. The highest BCUT2D eigenvalue weighted by Gasteiger charge is 2.34. The second kappa shape index (κ2) is 6.64. The molecule has 0 N–H and O–H groups in total. The molecular weight excluding hydrogens is 286 g/mol. The fourth-order valence-corrected chi connectivity index (χ4v) is 3.31. The van der Waals surface area contributed by atoms with Crippen LogP contribution in [0.4, 0.5) is 0 Å². The van der Waals surface area contributed by atoms with Crippen LogP contribution in [0.25, 0.3) is 0 Å². The van der Waals surface area contributed by atoms with Crippen molar-refractivity contribution >= 4 is 17.7 Å². The van der Waals surface area contributed by atoms with E-state index in [1.165, 1.54) is 0 Å². The van der Waals surface area contributed by atoms with E-state index in [0.29, 0.717) is 52.5 Å². The second-order valence-electron chi connectivity index (χ2n) is 6.18. The third-order valence-corrected chi connectivity index (χ3v) is 4.73. The summed E-state index contributed by atoms with van der Waals surface area (Å²) in [6.45, 7) is 4.43. The van der Waals surface area contributed by atoms with Crippen LogP contribution in [0.1, 0.15) is 19.3 Å². The second-order valence-corrected chi connectivity index (χ2v) is 6.18. The minimum atomic E-state index is -0.418. The van der Waals surface area contributed by atoms with Gasteiger partial charge in [0.1, 0.15) is 0 Å². The molecule has 3 rings (SSSR count). The van der Waals surface area contributed by atoms with Gasteiger partial charge in [-0.05, 0) is 19.3 Å². The average molecular weight is 309 g/mol. The monoisotopic (exact) mass is 309 g/mol. The first-order valence-corrected chi connectivity index (χ1v) is 8.11. The SMILES string of the molecule is O=C(C(=O)N1CCN(C(=O)C2CCOC2)CC1)N1CCCC1. The van der Waals surface area contributed by atoms with Gasteiger partial charge in [-0.15, -0.1) is 0 Å². The molecule has 7 nitrogen and oxygen atoms in total. The summed E-state index contributed by atoms with van der Waals surface area (Å²) < 4.78 is 5.25. The van der Waals surface area contributed by atoms with Crippen LogP contribution in [-0.2, 0) is 19.1 Å². The molecule has 3 amide bonds. The first kappa shape index (κ1) is 15.3. The molecule has 0 saturated carbocycles. The lowest BCUT2D eigenvalue weighted by molar-refractivity contribution is -0.153. The van der Waals surface area contributed by atoms with E-state index >= 15 is 0 Å². The number of rotatable bonds is 1. The molecule has 0 radical (unpaired) electrons. The van der Waals surface area contributed by atoms with Gasteiger partial charge in [0, 0.05) is 45.9 Å². The number of carbonyl (C=O) groups excluding carboxylic acids is 3. The standard InChI is InChI=1S/C15H23N3O4/c19-13(12-3-10-22-11-12)17-6-8-18(9-7-17)15(21)14(20)16-4-1-2-5-16/h12H,1-11H2. The van der Waals surface area contributed by atoms with Gasteiger partial charge in [0.25, 0.3) is 0 Å². The first-order chi connectivity index (χ1) is 10.7. The van der Waals surface area contributed by atoms with Crippen LogP contribution in [0.5, 0.6) is 0 Å². The summed E-state index contributed by atoms with van der Waals surface area (Å²) in [5.41, 5.74) is 0. The number of nitrogens with zero attached hydrogens (tertiary/aromatic N) is 3. The molecule has 1 atom stereocenters. The van der Waals surface area contributed by atoms with Crippen LogP contribution in [0.3, 0.4) is 0 Å². The molecule has 0 aromatic heterocycles. The molecular formula is C15H23N3O4. The number of ether oxygens (including phenoxy) is 1. The summed E-state index contributed by atoms with van der Waals surface area (Å²) in [4.78, 5) is 41.6. The van der Waals surface area contributed by atoms with Gasteiger partial charge >= 0.3 is 11.8 Å². The molecule has 3 fully saturated rings. The zero-order valence-electron chi connectivity index (χ0n) is 12.8. The minimum absolute atomic E-state index is 0.0338. The lowest BCUT2D eigenvalue weighted by Crippen LogP contribution is -2.55. The Balaban J connectivity index is 1.49. The van der Waals surface area contributed by atoms with Gasteiger partial charge in [0.15, 0.2) is 0 Å². The quantitative estimate of drug-likeness (QED) is 0.602. The van der Waals surface area contributed by atoms with E-state index < -0.39 is 5.91 Å². The molecule has 0 aromatic carbocycles. The van der Waals surface area contributed by atoms with Gasteiger partial charge in [-0.1, -0.05) is 0 Å². The summed E-state index contributed by atoms with van der Waals surface area (Å²) in [5, 5.41) is 0. The zero-order chi connectivity index (χ0) is 15.5. The molecule has 22 heavy (non-hydrogen) atoms. The Labute approximate surface area is 130 Å². The van der Waals surface area contributed by atoms with Crippen LogP contribution >= 0.6 is 0 Å². The molecule has 3 saturated heterocycles. The smallest absolute Gasteiger partial charge is 0.312 e. The summed E-state index contributed by atoms with van der Waals surface area (Å²) in [5.74, 6) is -0.719. The molecule has 0 aliphatic carbocycles. The fraction of sp³-hybridized carbons (Fsp3) is 0.800. The first-order valence-electron chi connectivity index (χ1n) is 8.11. The summed E-state index contributed by atoms with van der Waals surface area (Å²) in [6.07, 6.45) is 2.74.